The van der Waals surface area contributed by atoms with Gasteiger partial charge < -0.3 is 26.0 Å². The topological polar surface area (TPSA) is 125 Å². The summed E-state index contributed by atoms with van der Waals surface area (Å²) in [6.45, 7) is 0. The summed E-state index contributed by atoms with van der Waals surface area (Å²) in [5, 5.41) is 9.59. The molecule has 0 spiro atoms. The number of hydrogen-bond acceptors (Lipinski definition) is 5. The maximum absolute atomic E-state index is 11.1. The largest absolute Gasteiger partial charge is 0.504 e. The fourth-order valence-electron chi connectivity index (χ4n) is 1.51. The fraction of sp³-hybridized carbons (Fsp3) is 0.167. The number of phenolic OH excluding ortho intramolecular Hbond substituents is 1. The van der Waals surface area contributed by atoms with Crippen LogP contribution in [0.15, 0.2) is 17.7 Å². The lowest BCUT2D eigenvalue weighted by atomic mass is 10.1. The Kier molecular flexibility index (Phi) is 4.36. The second-order valence-corrected chi connectivity index (χ2v) is 3.53. The number of nitrogens with two attached hydrogens (primary N) is 2. The molecule has 1 rings (SSSR count). The molecule has 7 nitrogen and oxygen atoms in total. The minimum Gasteiger partial charge on any atom is -0.504 e. The highest BCUT2D eigenvalue weighted by Crippen LogP contribution is 2.39. The van der Waals surface area contributed by atoms with Crippen LogP contribution in [0.3, 0.4) is 0 Å². The van der Waals surface area contributed by atoms with Gasteiger partial charge in [-0.15, -0.1) is 0 Å². The van der Waals surface area contributed by atoms with Gasteiger partial charge in [0.15, 0.2) is 11.5 Å². The van der Waals surface area contributed by atoms with E-state index < -0.39 is 11.8 Å². The highest BCUT2D eigenvalue weighted by Gasteiger charge is 2.17. The van der Waals surface area contributed by atoms with Gasteiger partial charge in [0.2, 0.25) is 5.75 Å². The van der Waals surface area contributed by atoms with E-state index in [4.69, 9.17) is 20.9 Å². The van der Waals surface area contributed by atoms with Crippen molar-refractivity contribution in [1.29, 1.82) is 0 Å². The quantitative estimate of drug-likeness (QED) is 0.385. The summed E-state index contributed by atoms with van der Waals surface area (Å²) in [4.78, 5) is 22.2. The molecule has 0 saturated heterocycles. The van der Waals surface area contributed by atoms with Gasteiger partial charge in [-0.2, -0.15) is 0 Å². The first kappa shape index (κ1) is 14.4. The molecule has 1 aromatic rings. The zero-order valence-corrected chi connectivity index (χ0v) is 10.5. The van der Waals surface area contributed by atoms with E-state index in [0.717, 1.165) is 0 Å². The molecule has 0 aliphatic rings. The van der Waals surface area contributed by atoms with Crippen LogP contribution in [0.5, 0.6) is 17.2 Å². The molecule has 0 fully saturated rings. The summed E-state index contributed by atoms with van der Waals surface area (Å²) in [5.74, 6) is -1.83. The van der Waals surface area contributed by atoms with Crippen molar-refractivity contribution < 1.29 is 24.2 Å². The number of rotatable bonds is 5. The molecular formula is C12H14N2O5. The van der Waals surface area contributed by atoms with E-state index in [2.05, 4.69) is 0 Å². The van der Waals surface area contributed by atoms with Gasteiger partial charge in [0.1, 0.15) is 5.57 Å². The predicted octanol–water partition coefficient (Wildman–Crippen LogP) is -0.237. The van der Waals surface area contributed by atoms with Crippen LogP contribution in [0.2, 0.25) is 0 Å². The average molecular weight is 266 g/mol. The molecule has 7 heteroatoms. The first-order valence-corrected chi connectivity index (χ1v) is 5.17. The Hall–Kier alpha value is -2.70. The lowest BCUT2D eigenvalue weighted by Crippen LogP contribution is -2.25. The second-order valence-electron chi connectivity index (χ2n) is 3.53. The summed E-state index contributed by atoms with van der Waals surface area (Å²) < 4.78 is 10.0. The van der Waals surface area contributed by atoms with Crippen molar-refractivity contribution in [3.05, 3.63) is 23.3 Å². The summed E-state index contributed by atoms with van der Waals surface area (Å²) in [7, 11) is 2.69. The Morgan fingerprint density at radius 2 is 1.63 bits per heavy atom. The SMILES string of the molecule is COc1c(O)ccc(C=C(C(N)=O)C(N)=O)c1OC. The van der Waals surface area contributed by atoms with Crippen molar-refractivity contribution in [2.24, 2.45) is 11.5 Å². The molecule has 0 aromatic heterocycles. The number of amides is 2. The summed E-state index contributed by atoms with van der Waals surface area (Å²) in [5.41, 5.74) is 10.0. The number of benzene rings is 1. The average Bonchev–Trinajstić information content (AvgIpc) is 2.35. The van der Waals surface area contributed by atoms with Crippen LogP contribution >= 0.6 is 0 Å². The van der Waals surface area contributed by atoms with Gasteiger partial charge in [-0.3, -0.25) is 9.59 Å². The second kappa shape index (κ2) is 5.76. The third kappa shape index (κ3) is 2.95. The molecular weight excluding hydrogens is 252 g/mol. The number of ether oxygens (including phenoxy) is 2. The number of phenols is 1. The van der Waals surface area contributed by atoms with Crippen molar-refractivity contribution >= 4 is 17.9 Å². The van der Waals surface area contributed by atoms with Gasteiger partial charge in [0.25, 0.3) is 11.8 Å². The third-order valence-electron chi connectivity index (χ3n) is 2.36. The fourth-order valence-corrected chi connectivity index (χ4v) is 1.51. The van der Waals surface area contributed by atoms with E-state index >= 15 is 0 Å². The van der Waals surface area contributed by atoms with Crippen molar-refractivity contribution in [1.82, 2.24) is 0 Å². The zero-order valence-electron chi connectivity index (χ0n) is 10.5. The van der Waals surface area contributed by atoms with Crippen LogP contribution in [0.25, 0.3) is 6.08 Å². The molecule has 5 N–H and O–H groups in total. The number of methoxy groups -OCH3 is 2. The van der Waals surface area contributed by atoms with Crippen molar-refractivity contribution in [2.45, 2.75) is 0 Å². The van der Waals surface area contributed by atoms with Gasteiger partial charge in [-0.1, -0.05) is 0 Å². The van der Waals surface area contributed by atoms with Gasteiger partial charge in [0.05, 0.1) is 14.2 Å². The Bertz CT molecular complexity index is 535. The van der Waals surface area contributed by atoms with Crippen LogP contribution in [-0.4, -0.2) is 31.1 Å². The monoisotopic (exact) mass is 266 g/mol. The molecule has 102 valence electrons. The lowest BCUT2D eigenvalue weighted by molar-refractivity contribution is -0.120. The minimum atomic E-state index is -0.957. The maximum Gasteiger partial charge on any atom is 0.254 e. The van der Waals surface area contributed by atoms with Crippen LogP contribution in [-0.2, 0) is 9.59 Å². The molecule has 19 heavy (non-hydrogen) atoms. The molecule has 0 aliphatic carbocycles. The normalized spacial score (nSPS) is 9.58. The first-order valence-electron chi connectivity index (χ1n) is 5.17. The lowest BCUT2D eigenvalue weighted by Gasteiger charge is -2.12. The molecule has 0 unspecified atom stereocenters. The van der Waals surface area contributed by atoms with Crippen LogP contribution in [0.4, 0.5) is 0 Å². The molecule has 1 aromatic carbocycles. The van der Waals surface area contributed by atoms with Gasteiger partial charge in [-0.25, -0.2) is 0 Å². The van der Waals surface area contributed by atoms with Gasteiger partial charge in [0, 0.05) is 5.56 Å². The van der Waals surface area contributed by atoms with Gasteiger partial charge >= 0.3 is 0 Å². The minimum absolute atomic E-state index is 0.0736. The number of hydrogen-bond donors (Lipinski definition) is 3. The Morgan fingerprint density at radius 1 is 1.11 bits per heavy atom. The van der Waals surface area contributed by atoms with Crippen molar-refractivity contribution in [3.8, 4) is 17.2 Å². The predicted molar refractivity (Wildman–Crippen MR) is 67.6 cm³/mol. The number of primary amides is 2. The molecule has 0 atom stereocenters. The van der Waals surface area contributed by atoms with E-state index in [-0.39, 0.29) is 22.8 Å². The van der Waals surface area contributed by atoms with E-state index in [0.29, 0.717) is 5.56 Å². The first-order chi connectivity index (χ1) is 8.92. The van der Waals surface area contributed by atoms with Crippen molar-refractivity contribution in [2.75, 3.05) is 14.2 Å². The summed E-state index contributed by atoms with van der Waals surface area (Å²) in [6.07, 6.45) is 1.17. The van der Waals surface area contributed by atoms with Crippen LogP contribution < -0.4 is 20.9 Å². The smallest absolute Gasteiger partial charge is 0.254 e. The molecule has 0 saturated carbocycles. The Balaban J connectivity index is 3.47. The number of carbonyl (C=O) groups excluding carboxylic acids is 2. The number of aromatic hydroxyl groups is 1. The molecule has 0 bridgehead atoms. The van der Waals surface area contributed by atoms with Crippen molar-refractivity contribution in [3.63, 3.8) is 0 Å². The van der Waals surface area contributed by atoms with E-state index in [1.165, 1.54) is 32.4 Å². The Labute approximate surface area is 109 Å². The molecule has 0 heterocycles. The highest BCUT2D eigenvalue weighted by atomic mass is 16.5. The zero-order chi connectivity index (χ0) is 14.6. The standard InChI is InChI=1S/C12H14N2O5/c1-18-9-6(3-4-8(15)10(9)19-2)5-7(11(13)16)12(14)17/h3-5,15H,1-2H3,(H2,13,16)(H2,14,17). The number of carbonyl (C=O) groups is 2. The molecule has 0 radical (unpaired) electrons. The van der Waals surface area contributed by atoms with Crippen LogP contribution in [0, 0.1) is 0 Å². The Morgan fingerprint density at radius 3 is 2.05 bits per heavy atom. The molecule has 2 amide bonds. The highest BCUT2D eigenvalue weighted by molar-refractivity contribution is 6.20. The van der Waals surface area contributed by atoms with E-state index in [1.807, 2.05) is 0 Å². The van der Waals surface area contributed by atoms with E-state index in [1.54, 1.807) is 0 Å². The summed E-state index contributed by atoms with van der Waals surface area (Å²) >= 11 is 0. The maximum atomic E-state index is 11.1. The molecule has 0 aliphatic heterocycles. The summed E-state index contributed by atoms with van der Waals surface area (Å²) in [6, 6.07) is 2.76. The van der Waals surface area contributed by atoms with Gasteiger partial charge in [-0.05, 0) is 18.2 Å². The van der Waals surface area contributed by atoms with E-state index in [9.17, 15) is 14.7 Å². The third-order valence-corrected chi connectivity index (χ3v) is 2.36. The van der Waals surface area contributed by atoms with Crippen LogP contribution in [0.1, 0.15) is 5.56 Å².